The summed E-state index contributed by atoms with van der Waals surface area (Å²) < 4.78 is 0.994. The van der Waals surface area contributed by atoms with Gasteiger partial charge in [0, 0.05) is 15.0 Å². The SMILES string of the molecule is Cc1ccc2c(n1)C(=Cc1sccc1Br)C(=O)N2. The monoisotopic (exact) mass is 320 g/mol. The second-order valence-electron chi connectivity index (χ2n) is 3.99. The molecule has 18 heavy (non-hydrogen) atoms. The van der Waals surface area contributed by atoms with E-state index in [9.17, 15) is 4.79 Å². The summed E-state index contributed by atoms with van der Waals surface area (Å²) in [7, 11) is 0. The highest BCUT2D eigenvalue weighted by Crippen LogP contribution is 2.34. The summed E-state index contributed by atoms with van der Waals surface area (Å²) in [6.45, 7) is 1.92. The number of hydrogen-bond donors (Lipinski definition) is 1. The maximum atomic E-state index is 11.9. The minimum Gasteiger partial charge on any atom is -0.320 e. The number of pyridine rings is 1. The van der Waals surface area contributed by atoms with E-state index in [1.54, 1.807) is 11.3 Å². The number of nitrogens with zero attached hydrogens (tertiary/aromatic N) is 1. The Kier molecular flexibility index (Phi) is 2.80. The number of amides is 1. The van der Waals surface area contributed by atoms with Crippen molar-refractivity contribution in [1.29, 1.82) is 0 Å². The van der Waals surface area contributed by atoms with Crippen LogP contribution in [0.5, 0.6) is 0 Å². The third-order valence-corrected chi connectivity index (χ3v) is 4.52. The molecule has 3 rings (SSSR count). The number of anilines is 1. The van der Waals surface area contributed by atoms with Crippen molar-refractivity contribution in [2.24, 2.45) is 0 Å². The Morgan fingerprint density at radius 3 is 2.94 bits per heavy atom. The van der Waals surface area contributed by atoms with Crippen molar-refractivity contribution in [3.63, 3.8) is 0 Å². The highest BCUT2D eigenvalue weighted by molar-refractivity contribution is 9.10. The molecule has 0 unspecified atom stereocenters. The molecule has 3 heterocycles. The molecule has 0 saturated heterocycles. The average Bonchev–Trinajstić information content (AvgIpc) is 2.86. The Morgan fingerprint density at radius 2 is 2.22 bits per heavy atom. The van der Waals surface area contributed by atoms with Crippen LogP contribution < -0.4 is 5.32 Å². The molecule has 2 aromatic heterocycles. The first-order chi connectivity index (χ1) is 8.65. The van der Waals surface area contributed by atoms with E-state index in [0.717, 1.165) is 26.4 Å². The maximum absolute atomic E-state index is 11.9. The molecule has 1 aliphatic rings. The first-order valence-electron chi connectivity index (χ1n) is 5.39. The predicted molar refractivity (Wildman–Crippen MR) is 77.5 cm³/mol. The zero-order valence-corrected chi connectivity index (χ0v) is 11.9. The van der Waals surface area contributed by atoms with Gasteiger partial charge in [-0.2, -0.15) is 0 Å². The van der Waals surface area contributed by atoms with Gasteiger partial charge in [-0.25, -0.2) is 0 Å². The number of carbonyl (C=O) groups is 1. The van der Waals surface area contributed by atoms with E-state index in [-0.39, 0.29) is 5.91 Å². The summed E-state index contributed by atoms with van der Waals surface area (Å²) >= 11 is 5.05. The van der Waals surface area contributed by atoms with Gasteiger partial charge in [0.1, 0.15) is 0 Å². The molecular formula is C13H9BrN2OS. The Balaban J connectivity index is 2.14. The zero-order valence-electron chi connectivity index (χ0n) is 9.53. The Labute approximate surface area is 117 Å². The van der Waals surface area contributed by atoms with E-state index in [1.807, 2.05) is 36.6 Å². The van der Waals surface area contributed by atoms with Crippen LogP contribution in [0.15, 0.2) is 28.1 Å². The highest BCUT2D eigenvalue weighted by Gasteiger charge is 2.25. The van der Waals surface area contributed by atoms with E-state index >= 15 is 0 Å². The van der Waals surface area contributed by atoms with Gasteiger partial charge in [-0.05, 0) is 52.5 Å². The summed E-state index contributed by atoms with van der Waals surface area (Å²) in [4.78, 5) is 17.4. The predicted octanol–water partition coefficient (Wildman–Crippen LogP) is 3.71. The van der Waals surface area contributed by atoms with Crippen LogP contribution in [0.1, 0.15) is 16.3 Å². The summed E-state index contributed by atoms with van der Waals surface area (Å²) in [5.41, 5.74) is 3.04. The molecule has 0 aliphatic carbocycles. The Hall–Kier alpha value is -1.46. The number of thiophene rings is 1. The molecule has 90 valence electrons. The second-order valence-corrected chi connectivity index (χ2v) is 5.80. The first kappa shape index (κ1) is 11.6. The van der Waals surface area contributed by atoms with Crippen LogP contribution >= 0.6 is 27.3 Å². The van der Waals surface area contributed by atoms with Crippen molar-refractivity contribution in [3.05, 3.63) is 44.3 Å². The van der Waals surface area contributed by atoms with Crippen molar-refractivity contribution in [2.75, 3.05) is 5.32 Å². The van der Waals surface area contributed by atoms with Crippen LogP contribution in [0.2, 0.25) is 0 Å². The molecule has 5 heteroatoms. The molecule has 1 aliphatic heterocycles. The van der Waals surface area contributed by atoms with Crippen molar-refractivity contribution >= 4 is 50.5 Å². The minimum absolute atomic E-state index is 0.0941. The molecule has 0 fully saturated rings. The highest BCUT2D eigenvalue weighted by atomic mass is 79.9. The van der Waals surface area contributed by atoms with E-state index in [1.165, 1.54) is 0 Å². The van der Waals surface area contributed by atoms with Crippen LogP contribution in [0.25, 0.3) is 11.6 Å². The fourth-order valence-corrected chi connectivity index (χ4v) is 3.25. The normalized spacial score (nSPS) is 15.9. The molecule has 1 amide bonds. The number of carbonyl (C=O) groups excluding carboxylic acids is 1. The quantitative estimate of drug-likeness (QED) is 0.814. The smallest absolute Gasteiger partial charge is 0.258 e. The zero-order chi connectivity index (χ0) is 12.7. The fraction of sp³-hybridized carbons (Fsp3) is 0.0769. The molecule has 0 saturated carbocycles. The minimum atomic E-state index is -0.0941. The number of nitrogens with one attached hydrogen (secondary N) is 1. The van der Waals surface area contributed by atoms with E-state index in [4.69, 9.17) is 0 Å². The van der Waals surface area contributed by atoms with Gasteiger partial charge in [0.05, 0.1) is 17.0 Å². The Bertz CT molecular complexity index is 675. The van der Waals surface area contributed by atoms with Crippen molar-refractivity contribution < 1.29 is 4.79 Å². The van der Waals surface area contributed by atoms with Crippen LogP contribution in [0.3, 0.4) is 0 Å². The van der Waals surface area contributed by atoms with Gasteiger partial charge in [-0.3, -0.25) is 9.78 Å². The lowest BCUT2D eigenvalue weighted by atomic mass is 10.1. The number of rotatable bonds is 1. The standard InChI is InChI=1S/C13H9BrN2OS/c1-7-2-3-10-12(15-7)8(13(17)16-10)6-11-9(14)4-5-18-11/h2-6H,1H3,(H,16,17). The van der Waals surface area contributed by atoms with Gasteiger partial charge in [0.25, 0.3) is 5.91 Å². The van der Waals surface area contributed by atoms with E-state index in [0.29, 0.717) is 5.57 Å². The van der Waals surface area contributed by atoms with Gasteiger partial charge in [-0.1, -0.05) is 0 Å². The molecule has 1 N–H and O–H groups in total. The molecule has 0 spiro atoms. The molecule has 0 atom stereocenters. The van der Waals surface area contributed by atoms with Crippen LogP contribution in [-0.2, 0) is 4.79 Å². The number of aromatic nitrogens is 1. The van der Waals surface area contributed by atoms with Crippen molar-refractivity contribution in [3.8, 4) is 0 Å². The summed E-state index contributed by atoms with van der Waals surface area (Å²) in [5, 5.41) is 4.81. The second kappa shape index (κ2) is 4.33. The van der Waals surface area contributed by atoms with Crippen molar-refractivity contribution in [1.82, 2.24) is 4.98 Å². The van der Waals surface area contributed by atoms with E-state index in [2.05, 4.69) is 26.2 Å². The van der Waals surface area contributed by atoms with Gasteiger partial charge < -0.3 is 5.32 Å². The molecule has 0 aromatic carbocycles. The number of aryl methyl sites for hydroxylation is 1. The molecule has 0 radical (unpaired) electrons. The molecule has 3 nitrogen and oxygen atoms in total. The van der Waals surface area contributed by atoms with Gasteiger partial charge in [0.2, 0.25) is 0 Å². The molecule has 2 aromatic rings. The van der Waals surface area contributed by atoms with Crippen molar-refractivity contribution in [2.45, 2.75) is 6.92 Å². The summed E-state index contributed by atoms with van der Waals surface area (Å²) in [6.07, 6.45) is 1.88. The number of fused-ring (bicyclic) bond motifs is 1. The van der Waals surface area contributed by atoms with E-state index < -0.39 is 0 Å². The molecule has 0 bridgehead atoms. The summed E-state index contributed by atoms with van der Waals surface area (Å²) in [5.74, 6) is -0.0941. The molecular weight excluding hydrogens is 312 g/mol. The van der Waals surface area contributed by atoms with Gasteiger partial charge in [-0.15, -0.1) is 11.3 Å². The first-order valence-corrected chi connectivity index (χ1v) is 7.06. The topological polar surface area (TPSA) is 42.0 Å². The third kappa shape index (κ3) is 1.89. The lowest BCUT2D eigenvalue weighted by Crippen LogP contribution is -2.03. The average molecular weight is 321 g/mol. The Morgan fingerprint density at radius 1 is 1.39 bits per heavy atom. The van der Waals surface area contributed by atoms with Gasteiger partial charge >= 0.3 is 0 Å². The third-order valence-electron chi connectivity index (χ3n) is 2.70. The largest absolute Gasteiger partial charge is 0.320 e. The lowest BCUT2D eigenvalue weighted by molar-refractivity contribution is -0.110. The summed E-state index contributed by atoms with van der Waals surface area (Å²) in [6, 6.07) is 5.75. The lowest BCUT2D eigenvalue weighted by Gasteiger charge is -1.98. The fourth-order valence-electron chi connectivity index (χ4n) is 1.83. The maximum Gasteiger partial charge on any atom is 0.258 e. The van der Waals surface area contributed by atoms with Crippen LogP contribution in [0, 0.1) is 6.92 Å². The number of halogens is 1. The van der Waals surface area contributed by atoms with Gasteiger partial charge in [0.15, 0.2) is 0 Å². The van der Waals surface area contributed by atoms with Crippen LogP contribution in [0.4, 0.5) is 5.69 Å². The number of hydrogen-bond acceptors (Lipinski definition) is 3. The van der Waals surface area contributed by atoms with Crippen LogP contribution in [-0.4, -0.2) is 10.9 Å².